The number of hydrogen-bond acceptors (Lipinski definition) is 4. The highest BCUT2D eigenvalue weighted by Crippen LogP contribution is 2.34. The second kappa shape index (κ2) is 5.52. The first-order valence-corrected chi connectivity index (χ1v) is 8.17. The first kappa shape index (κ1) is 13.7. The van der Waals surface area contributed by atoms with Crippen molar-refractivity contribution in [2.45, 2.75) is 29.5 Å². The molecule has 0 atom stereocenters. The summed E-state index contributed by atoms with van der Waals surface area (Å²) < 4.78 is 26.8. The van der Waals surface area contributed by atoms with Gasteiger partial charge in [0, 0.05) is 30.5 Å². The predicted molar refractivity (Wildman–Crippen MR) is 72.2 cm³/mol. The fourth-order valence-corrected chi connectivity index (χ4v) is 4.92. The Morgan fingerprint density at radius 2 is 2.22 bits per heavy atom. The molecule has 1 saturated carbocycles. The van der Waals surface area contributed by atoms with Crippen LogP contribution in [-0.2, 0) is 16.4 Å². The zero-order valence-electron chi connectivity index (χ0n) is 10.1. The van der Waals surface area contributed by atoms with E-state index >= 15 is 0 Å². The highest BCUT2D eigenvalue weighted by Gasteiger charge is 2.37. The van der Waals surface area contributed by atoms with E-state index in [9.17, 15) is 8.42 Å². The Morgan fingerprint density at radius 3 is 2.78 bits per heavy atom. The standard InChI is InChI=1S/C12H17NO3S2/c1-2-8-13(10-3-4-10)18(15,16)12-6-5-11(17-12)7-9-14/h2,5-6,10,14H,1,3-4,7-9H2. The van der Waals surface area contributed by atoms with Crippen LogP contribution in [0.4, 0.5) is 0 Å². The molecule has 0 unspecified atom stereocenters. The van der Waals surface area contributed by atoms with Gasteiger partial charge in [0.15, 0.2) is 0 Å². The summed E-state index contributed by atoms with van der Waals surface area (Å²) in [5.41, 5.74) is 0. The SMILES string of the molecule is C=CCN(C1CC1)S(=O)(=O)c1ccc(CCO)s1. The third-order valence-corrected chi connectivity index (χ3v) is 6.35. The smallest absolute Gasteiger partial charge is 0.253 e. The van der Waals surface area contributed by atoms with Gasteiger partial charge >= 0.3 is 0 Å². The van der Waals surface area contributed by atoms with E-state index in [1.54, 1.807) is 18.2 Å². The quantitative estimate of drug-likeness (QED) is 0.775. The Kier molecular flexibility index (Phi) is 4.21. The van der Waals surface area contributed by atoms with Gasteiger partial charge in [0.05, 0.1) is 0 Å². The molecule has 1 fully saturated rings. The Balaban J connectivity index is 2.24. The summed E-state index contributed by atoms with van der Waals surface area (Å²) in [7, 11) is -3.40. The van der Waals surface area contributed by atoms with Crippen molar-refractivity contribution in [1.82, 2.24) is 4.31 Å². The van der Waals surface area contributed by atoms with Crippen LogP contribution in [0.1, 0.15) is 17.7 Å². The van der Waals surface area contributed by atoms with Crippen LogP contribution in [0.5, 0.6) is 0 Å². The van der Waals surface area contributed by atoms with Gasteiger partial charge in [-0.05, 0) is 25.0 Å². The molecule has 2 rings (SSSR count). The Hall–Kier alpha value is -0.690. The van der Waals surface area contributed by atoms with Crippen LogP contribution in [0.3, 0.4) is 0 Å². The molecule has 1 aromatic heterocycles. The van der Waals surface area contributed by atoms with E-state index in [1.165, 1.54) is 15.6 Å². The van der Waals surface area contributed by atoms with E-state index < -0.39 is 10.0 Å². The van der Waals surface area contributed by atoms with E-state index in [0.717, 1.165) is 17.7 Å². The van der Waals surface area contributed by atoms with Crippen molar-refractivity contribution in [3.8, 4) is 0 Å². The lowest BCUT2D eigenvalue weighted by Gasteiger charge is -2.18. The third-order valence-electron chi connectivity index (χ3n) is 2.82. The lowest BCUT2D eigenvalue weighted by Crippen LogP contribution is -2.32. The first-order chi connectivity index (χ1) is 8.59. The lowest BCUT2D eigenvalue weighted by atomic mass is 10.4. The average Bonchev–Trinajstić information content (AvgIpc) is 3.05. The summed E-state index contributed by atoms with van der Waals surface area (Å²) in [5.74, 6) is 0. The fourth-order valence-electron chi connectivity index (χ4n) is 1.79. The molecule has 6 heteroatoms. The normalized spacial score (nSPS) is 16.1. The number of hydrogen-bond donors (Lipinski definition) is 1. The molecule has 0 radical (unpaired) electrons. The second-order valence-electron chi connectivity index (χ2n) is 4.29. The monoisotopic (exact) mass is 287 g/mol. The largest absolute Gasteiger partial charge is 0.396 e. The molecule has 1 aliphatic rings. The van der Waals surface area contributed by atoms with Gasteiger partial charge in [-0.15, -0.1) is 17.9 Å². The van der Waals surface area contributed by atoms with Crippen LogP contribution in [0.2, 0.25) is 0 Å². The average molecular weight is 287 g/mol. The van der Waals surface area contributed by atoms with Gasteiger partial charge in [-0.1, -0.05) is 6.08 Å². The lowest BCUT2D eigenvalue weighted by molar-refractivity contribution is 0.300. The Morgan fingerprint density at radius 1 is 1.50 bits per heavy atom. The van der Waals surface area contributed by atoms with E-state index in [-0.39, 0.29) is 12.6 Å². The van der Waals surface area contributed by atoms with Crippen LogP contribution in [0.15, 0.2) is 29.0 Å². The molecule has 1 N–H and O–H groups in total. The van der Waals surface area contributed by atoms with Crippen LogP contribution < -0.4 is 0 Å². The zero-order valence-corrected chi connectivity index (χ0v) is 11.7. The van der Waals surface area contributed by atoms with Crippen molar-refractivity contribution < 1.29 is 13.5 Å². The summed E-state index contributed by atoms with van der Waals surface area (Å²) >= 11 is 1.24. The number of rotatable bonds is 7. The molecule has 0 amide bonds. The number of sulfonamides is 1. The Bertz CT molecular complexity index is 517. The predicted octanol–water partition coefficient (Wildman–Crippen LogP) is 1.62. The minimum atomic E-state index is -3.40. The van der Waals surface area contributed by atoms with Crippen molar-refractivity contribution in [3.05, 3.63) is 29.7 Å². The minimum absolute atomic E-state index is 0.0407. The van der Waals surface area contributed by atoms with E-state index in [4.69, 9.17) is 5.11 Å². The van der Waals surface area contributed by atoms with Crippen LogP contribution in [0.25, 0.3) is 0 Å². The second-order valence-corrected chi connectivity index (χ2v) is 7.57. The molecule has 4 nitrogen and oxygen atoms in total. The maximum absolute atomic E-state index is 12.4. The van der Waals surface area contributed by atoms with Gasteiger partial charge in [0.1, 0.15) is 4.21 Å². The van der Waals surface area contributed by atoms with Gasteiger partial charge < -0.3 is 5.11 Å². The molecule has 0 saturated heterocycles. The molecule has 0 aliphatic heterocycles. The van der Waals surface area contributed by atoms with Gasteiger partial charge in [-0.2, -0.15) is 4.31 Å². The first-order valence-electron chi connectivity index (χ1n) is 5.92. The van der Waals surface area contributed by atoms with Gasteiger partial charge in [-0.3, -0.25) is 0 Å². The topological polar surface area (TPSA) is 57.6 Å². The minimum Gasteiger partial charge on any atom is -0.396 e. The molecule has 1 aliphatic carbocycles. The molecule has 100 valence electrons. The molecule has 0 aromatic carbocycles. The van der Waals surface area contributed by atoms with Gasteiger partial charge in [0.2, 0.25) is 0 Å². The van der Waals surface area contributed by atoms with E-state index in [2.05, 4.69) is 6.58 Å². The van der Waals surface area contributed by atoms with Crippen molar-refractivity contribution in [3.63, 3.8) is 0 Å². The highest BCUT2D eigenvalue weighted by molar-refractivity contribution is 7.91. The third kappa shape index (κ3) is 2.83. The maximum Gasteiger partial charge on any atom is 0.253 e. The van der Waals surface area contributed by atoms with Gasteiger partial charge in [-0.25, -0.2) is 8.42 Å². The van der Waals surface area contributed by atoms with Crippen LogP contribution in [-0.4, -0.2) is 37.0 Å². The van der Waals surface area contributed by atoms with Crippen molar-refractivity contribution in [2.75, 3.05) is 13.2 Å². The van der Waals surface area contributed by atoms with Gasteiger partial charge in [0.25, 0.3) is 10.0 Å². The van der Waals surface area contributed by atoms with Crippen LogP contribution in [0, 0.1) is 0 Å². The Labute approximate surface area is 112 Å². The number of thiophene rings is 1. The molecule has 0 spiro atoms. The van der Waals surface area contributed by atoms with Crippen LogP contribution >= 0.6 is 11.3 Å². The molecule has 1 heterocycles. The summed E-state index contributed by atoms with van der Waals surface area (Å²) in [5, 5.41) is 8.86. The molecular weight excluding hydrogens is 270 g/mol. The molecule has 18 heavy (non-hydrogen) atoms. The fraction of sp³-hybridized carbons (Fsp3) is 0.500. The van der Waals surface area contributed by atoms with Crippen molar-refractivity contribution >= 4 is 21.4 Å². The zero-order chi connectivity index (χ0) is 13.2. The number of nitrogens with zero attached hydrogens (tertiary/aromatic N) is 1. The highest BCUT2D eigenvalue weighted by atomic mass is 32.2. The molecular formula is C12H17NO3S2. The molecule has 1 aromatic rings. The van der Waals surface area contributed by atoms with E-state index in [1.807, 2.05) is 0 Å². The van der Waals surface area contributed by atoms with Crippen molar-refractivity contribution in [1.29, 1.82) is 0 Å². The summed E-state index contributed by atoms with van der Waals surface area (Å²) in [6.45, 7) is 4.02. The number of aliphatic hydroxyl groups is 1. The molecule has 0 bridgehead atoms. The van der Waals surface area contributed by atoms with Crippen molar-refractivity contribution in [2.24, 2.45) is 0 Å². The number of aliphatic hydroxyl groups excluding tert-OH is 1. The maximum atomic E-state index is 12.4. The summed E-state index contributed by atoms with van der Waals surface area (Å²) in [6, 6.07) is 3.53. The summed E-state index contributed by atoms with van der Waals surface area (Å²) in [4.78, 5) is 0.894. The van der Waals surface area contributed by atoms with E-state index in [0.29, 0.717) is 17.2 Å². The summed E-state index contributed by atoms with van der Waals surface area (Å²) in [6.07, 6.45) is 3.99.